The summed E-state index contributed by atoms with van der Waals surface area (Å²) in [6.45, 7) is 18.1. The summed E-state index contributed by atoms with van der Waals surface area (Å²) in [5.41, 5.74) is 0.0473. The van der Waals surface area contributed by atoms with Crippen molar-refractivity contribution in [1.82, 2.24) is 4.90 Å². The fourth-order valence-electron chi connectivity index (χ4n) is 3.48. The van der Waals surface area contributed by atoms with Crippen LogP contribution in [0.4, 0.5) is 0 Å². The molecule has 0 aromatic carbocycles. The van der Waals surface area contributed by atoms with Gasteiger partial charge in [-0.3, -0.25) is 4.90 Å². The van der Waals surface area contributed by atoms with Gasteiger partial charge >= 0.3 is 11.9 Å². The summed E-state index contributed by atoms with van der Waals surface area (Å²) in [7, 11) is 0. The Morgan fingerprint density at radius 3 is 2.17 bits per heavy atom. The molecule has 23 heavy (non-hydrogen) atoms. The van der Waals surface area contributed by atoms with E-state index in [4.69, 9.17) is 9.47 Å². The van der Waals surface area contributed by atoms with E-state index in [1.807, 2.05) is 0 Å². The van der Waals surface area contributed by atoms with Crippen LogP contribution in [0, 0.1) is 0 Å². The molecular weight excluding hydrogens is 294 g/mol. The van der Waals surface area contributed by atoms with Crippen LogP contribution >= 0.6 is 0 Å². The predicted molar refractivity (Wildman–Crippen MR) is 89.9 cm³/mol. The molecule has 1 heterocycles. The van der Waals surface area contributed by atoms with E-state index in [-0.39, 0.29) is 29.1 Å². The van der Waals surface area contributed by atoms with Gasteiger partial charge in [0.15, 0.2) is 0 Å². The molecule has 5 nitrogen and oxygen atoms in total. The average Bonchev–Trinajstić information content (AvgIpc) is 2.39. The number of carbonyl (C=O) groups excluding carboxylic acids is 2. The van der Waals surface area contributed by atoms with Crippen LogP contribution < -0.4 is 0 Å². The van der Waals surface area contributed by atoms with Crippen LogP contribution in [0.5, 0.6) is 0 Å². The molecule has 0 aromatic rings. The molecule has 0 spiro atoms. The lowest BCUT2D eigenvalue weighted by atomic mass is 9.78. The van der Waals surface area contributed by atoms with Crippen LogP contribution in [0.25, 0.3) is 0 Å². The van der Waals surface area contributed by atoms with Crippen molar-refractivity contribution in [3.8, 4) is 0 Å². The largest absolute Gasteiger partial charge is 0.461 e. The van der Waals surface area contributed by atoms with Gasteiger partial charge in [-0.25, -0.2) is 9.59 Å². The summed E-state index contributed by atoms with van der Waals surface area (Å²) >= 11 is 0. The Balaban J connectivity index is 2.73. The Hall–Kier alpha value is -1.62. The highest BCUT2D eigenvalue weighted by Gasteiger charge is 2.46. The second kappa shape index (κ2) is 7.30. The number of piperidine rings is 1. The molecular formula is C18H29NO4. The second-order valence-electron chi connectivity index (χ2n) is 7.36. The number of nitrogens with zero attached hydrogens (tertiary/aromatic N) is 1. The first kappa shape index (κ1) is 19.4. The zero-order valence-corrected chi connectivity index (χ0v) is 15.0. The summed E-state index contributed by atoms with van der Waals surface area (Å²) in [4.78, 5) is 25.3. The first-order chi connectivity index (χ1) is 10.5. The van der Waals surface area contributed by atoms with Crippen molar-refractivity contribution in [3.05, 3.63) is 24.8 Å². The van der Waals surface area contributed by atoms with Gasteiger partial charge in [0.25, 0.3) is 0 Å². The van der Waals surface area contributed by atoms with Crippen molar-refractivity contribution in [3.63, 3.8) is 0 Å². The Kier molecular flexibility index (Phi) is 6.17. The summed E-state index contributed by atoms with van der Waals surface area (Å²) in [5.74, 6) is -0.749. The number of carbonyl (C=O) groups is 2. The zero-order chi connectivity index (χ0) is 17.8. The van der Waals surface area contributed by atoms with Gasteiger partial charge in [-0.2, -0.15) is 0 Å². The number of esters is 2. The van der Waals surface area contributed by atoms with E-state index in [0.717, 1.165) is 12.8 Å². The average molecular weight is 323 g/mol. The van der Waals surface area contributed by atoms with Crippen LogP contribution in [0.3, 0.4) is 0 Å². The summed E-state index contributed by atoms with van der Waals surface area (Å²) < 4.78 is 10.7. The Morgan fingerprint density at radius 2 is 1.74 bits per heavy atom. The quantitative estimate of drug-likeness (QED) is 0.556. The highest BCUT2D eigenvalue weighted by Crippen LogP contribution is 2.39. The van der Waals surface area contributed by atoms with E-state index in [1.165, 1.54) is 6.08 Å². The maximum absolute atomic E-state index is 11.5. The minimum atomic E-state index is -0.384. The number of hydrogen-bond donors (Lipinski definition) is 0. The van der Waals surface area contributed by atoms with Gasteiger partial charge in [0.05, 0.1) is 0 Å². The van der Waals surface area contributed by atoms with Gasteiger partial charge in [-0.05, 0) is 34.6 Å². The summed E-state index contributed by atoms with van der Waals surface area (Å²) in [6, 6.07) is 0. The number of hydrogen-bond acceptors (Lipinski definition) is 5. The van der Waals surface area contributed by atoms with Crippen LogP contribution in [0.15, 0.2) is 24.8 Å². The third-order valence-corrected chi connectivity index (χ3v) is 4.26. The molecule has 0 aromatic heterocycles. The Morgan fingerprint density at radius 1 is 1.22 bits per heavy atom. The third kappa shape index (κ3) is 5.20. The fourth-order valence-corrected chi connectivity index (χ4v) is 3.48. The van der Waals surface area contributed by atoms with E-state index < -0.39 is 0 Å². The lowest BCUT2D eigenvalue weighted by Gasteiger charge is -2.54. The first-order valence-electron chi connectivity index (χ1n) is 7.93. The van der Waals surface area contributed by atoms with Gasteiger partial charge < -0.3 is 9.47 Å². The van der Waals surface area contributed by atoms with Crippen LogP contribution in [0.2, 0.25) is 0 Å². The predicted octanol–water partition coefficient (Wildman–Crippen LogP) is 2.86. The molecule has 0 radical (unpaired) electrons. The van der Waals surface area contributed by atoms with Crippen LogP contribution in [0.1, 0.15) is 47.5 Å². The second-order valence-corrected chi connectivity index (χ2v) is 7.36. The van der Waals surface area contributed by atoms with E-state index in [0.29, 0.717) is 18.7 Å². The van der Waals surface area contributed by atoms with Gasteiger partial charge in [0, 0.05) is 42.1 Å². The minimum Gasteiger partial charge on any atom is -0.461 e. The van der Waals surface area contributed by atoms with Gasteiger partial charge in [-0.1, -0.05) is 13.2 Å². The molecule has 1 aliphatic rings. The zero-order valence-electron chi connectivity index (χ0n) is 15.0. The molecule has 1 saturated heterocycles. The van der Waals surface area contributed by atoms with Crippen molar-refractivity contribution >= 4 is 11.9 Å². The smallest absolute Gasteiger partial charge is 0.333 e. The van der Waals surface area contributed by atoms with Crippen molar-refractivity contribution in [2.24, 2.45) is 0 Å². The lowest BCUT2D eigenvalue weighted by Crippen LogP contribution is -2.63. The molecule has 0 saturated carbocycles. The van der Waals surface area contributed by atoms with E-state index in [9.17, 15) is 9.59 Å². The van der Waals surface area contributed by atoms with Crippen molar-refractivity contribution in [1.29, 1.82) is 0 Å². The Bertz CT molecular complexity index is 475. The van der Waals surface area contributed by atoms with Crippen molar-refractivity contribution < 1.29 is 19.1 Å². The maximum atomic E-state index is 11.5. The van der Waals surface area contributed by atoms with Crippen LogP contribution in [-0.2, 0) is 19.1 Å². The molecule has 0 N–H and O–H groups in total. The van der Waals surface area contributed by atoms with Gasteiger partial charge in [0.1, 0.15) is 12.7 Å². The van der Waals surface area contributed by atoms with Crippen LogP contribution in [-0.4, -0.2) is 47.2 Å². The highest BCUT2D eigenvalue weighted by atomic mass is 16.5. The maximum Gasteiger partial charge on any atom is 0.333 e. The summed E-state index contributed by atoms with van der Waals surface area (Å²) in [6.07, 6.45) is 2.51. The monoisotopic (exact) mass is 323 g/mol. The van der Waals surface area contributed by atoms with E-state index in [1.54, 1.807) is 6.92 Å². The van der Waals surface area contributed by atoms with Crippen molar-refractivity contribution in [2.75, 3.05) is 13.2 Å². The minimum absolute atomic E-state index is 0.139. The molecule has 1 fully saturated rings. The molecule has 0 bridgehead atoms. The molecule has 0 atom stereocenters. The van der Waals surface area contributed by atoms with Gasteiger partial charge in [-0.15, -0.1) is 0 Å². The SMILES string of the molecule is C=CC(=O)OC1CC(C)(C)N(CCOC(=O)C(=C)C)C(C)(C)C1. The number of ether oxygens (including phenoxy) is 2. The van der Waals surface area contributed by atoms with Gasteiger partial charge in [0.2, 0.25) is 0 Å². The summed E-state index contributed by atoms with van der Waals surface area (Å²) in [5, 5.41) is 0. The standard InChI is InChI=1S/C18H29NO4/c1-8-15(20)23-14-11-17(4,5)19(18(6,7)12-14)9-10-22-16(21)13(2)3/h8,14H,1-2,9-12H2,3-7H3. The normalized spacial score (nSPS) is 20.6. The first-order valence-corrected chi connectivity index (χ1v) is 7.93. The highest BCUT2D eigenvalue weighted by molar-refractivity contribution is 5.86. The number of likely N-dealkylation sites (tertiary alicyclic amines) is 1. The van der Waals surface area contributed by atoms with E-state index in [2.05, 4.69) is 45.8 Å². The fraction of sp³-hybridized carbons (Fsp3) is 0.667. The molecule has 5 heteroatoms. The molecule has 1 rings (SSSR count). The lowest BCUT2D eigenvalue weighted by molar-refractivity contribution is -0.157. The third-order valence-electron chi connectivity index (χ3n) is 4.26. The molecule has 0 unspecified atom stereocenters. The van der Waals surface area contributed by atoms with Crippen molar-refractivity contribution in [2.45, 2.75) is 64.6 Å². The topological polar surface area (TPSA) is 55.8 Å². The molecule has 0 amide bonds. The van der Waals surface area contributed by atoms with E-state index >= 15 is 0 Å². The number of rotatable bonds is 6. The Labute approximate surface area is 139 Å². The molecule has 0 aliphatic carbocycles. The molecule has 1 aliphatic heterocycles. The molecule has 130 valence electrons.